The molecular weight excluding hydrogens is 462 g/mol. The predicted octanol–water partition coefficient (Wildman–Crippen LogP) is 7.66. The molecule has 0 aliphatic rings. The number of likely N-dealkylation sites (N-methyl/N-ethyl adjacent to an activating group) is 1. The Bertz CT molecular complexity index is 409. The summed E-state index contributed by atoms with van der Waals surface area (Å²) in [5.74, 6) is 0. The first-order valence-corrected chi connectivity index (χ1v) is 16.2. The van der Waals surface area contributed by atoms with Gasteiger partial charge in [-0.15, -0.1) is 0 Å². The van der Waals surface area contributed by atoms with Gasteiger partial charge in [-0.25, -0.2) is 0 Å². The van der Waals surface area contributed by atoms with Crippen LogP contribution in [0.1, 0.15) is 142 Å². The average molecular weight is 531 g/mol. The predicted molar refractivity (Wildman–Crippen MR) is 159 cm³/mol. The molecular formula is C32H68NO4+. The van der Waals surface area contributed by atoms with Crippen molar-refractivity contribution in [3.05, 3.63) is 0 Å². The summed E-state index contributed by atoms with van der Waals surface area (Å²) in [5, 5.41) is 20.8. The van der Waals surface area contributed by atoms with Crippen LogP contribution in [-0.2, 0) is 9.47 Å². The molecule has 0 aliphatic heterocycles. The standard InChI is InChI=1S/C32H68NO4/c1-5-7-9-11-13-15-17-19-21-23-25-36-29-31(34)27-33(3,4)28-32(35)30-37-26-24-22-20-18-16-14-12-10-8-6-2/h31-32,34-35H,5-30H2,1-4H3/q+1. The van der Waals surface area contributed by atoms with Gasteiger partial charge in [0.15, 0.2) is 0 Å². The lowest BCUT2D eigenvalue weighted by Gasteiger charge is -2.33. The molecule has 5 heteroatoms. The van der Waals surface area contributed by atoms with E-state index in [0.29, 0.717) is 30.8 Å². The van der Waals surface area contributed by atoms with Gasteiger partial charge in [-0.3, -0.25) is 0 Å². The number of quaternary nitrogens is 1. The molecule has 0 aromatic carbocycles. The van der Waals surface area contributed by atoms with Crippen LogP contribution in [-0.4, -0.2) is 80.5 Å². The van der Waals surface area contributed by atoms with Gasteiger partial charge in [-0.2, -0.15) is 0 Å². The molecule has 0 saturated heterocycles. The number of hydrogen-bond acceptors (Lipinski definition) is 4. The van der Waals surface area contributed by atoms with Crippen LogP contribution in [0, 0.1) is 0 Å². The Hall–Kier alpha value is -0.200. The van der Waals surface area contributed by atoms with Crippen molar-refractivity contribution in [3.63, 3.8) is 0 Å². The third kappa shape index (κ3) is 28.6. The number of unbranched alkanes of at least 4 members (excludes halogenated alkanes) is 18. The first-order chi connectivity index (χ1) is 17.9. The molecule has 37 heavy (non-hydrogen) atoms. The van der Waals surface area contributed by atoms with Crippen molar-refractivity contribution in [2.24, 2.45) is 0 Å². The van der Waals surface area contributed by atoms with Gasteiger partial charge < -0.3 is 24.2 Å². The fraction of sp³-hybridized carbons (Fsp3) is 1.00. The fourth-order valence-electron chi connectivity index (χ4n) is 5.14. The van der Waals surface area contributed by atoms with Crippen LogP contribution in [0.25, 0.3) is 0 Å². The van der Waals surface area contributed by atoms with E-state index >= 15 is 0 Å². The van der Waals surface area contributed by atoms with E-state index in [2.05, 4.69) is 27.9 Å². The Morgan fingerprint density at radius 2 is 0.730 bits per heavy atom. The molecule has 2 atom stereocenters. The molecule has 0 rings (SSSR count). The highest BCUT2D eigenvalue weighted by Crippen LogP contribution is 2.12. The Kier molecular flexibility index (Phi) is 27.2. The number of hydrogen-bond donors (Lipinski definition) is 2. The van der Waals surface area contributed by atoms with Crippen LogP contribution in [0.3, 0.4) is 0 Å². The van der Waals surface area contributed by atoms with E-state index in [0.717, 1.165) is 26.1 Å². The lowest BCUT2D eigenvalue weighted by atomic mass is 10.1. The van der Waals surface area contributed by atoms with Crippen molar-refractivity contribution in [2.45, 2.75) is 154 Å². The lowest BCUT2D eigenvalue weighted by molar-refractivity contribution is -0.896. The zero-order valence-corrected chi connectivity index (χ0v) is 25.7. The first-order valence-electron chi connectivity index (χ1n) is 16.2. The van der Waals surface area contributed by atoms with E-state index in [-0.39, 0.29) is 0 Å². The summed E-state index contributed by atoms with van der Waals surface area (Å²) in [6, 6.07) is 0. The second-order valence-electron chi connectivity index (χ2n) is 12.1. The summed E-state index contributed by atoms with van der Waals surface area (Å²) in [6.07, 6.45) is 25.4. The highest BCUT2D eigenvalue weighted by molar-refractivity contribution is 4.58. The van der Waals surface area contributed by atoms with Gasteiger partial charge in [0.2, 0.25) is 0 Å². The Morgan fingerprint density at radius 3 is 1.03 bits per heavy atom. The highest BCUT2D eigenvalue weighted by Gasteiger charge is 2.24. The summed E-state index contributed by atoms with van der Waals surface area (Å²) in [7, 11) is 4.11. The van der Waals surface area contributed by atoms with E-state index in [4.69, 9.17) is 9.47 Å². The maximum absolute atomic E-state index is 10.4. The molecule has 0 saturated carbocycles. The van der Waals surface area contributed by atoms with Crippen molar-refractivity contribution >= 4 is 0 Å². The lowest BCUT2D eigenvalue weighted by Crippen LogP contribution is -2.51. The number of aliphatic hydroxyl groups is 2. The van der Waals surface area contributed by atoms with Crippen LogP contribution < -0.4 is 0 Å². The van der Waals surface area contributed by atoms with E-state index in [1.165, 1.54) is 116 Å². The normalized spacial score (nSPS) is 13.8. The Labute approximate surface area is 232 Å². The fourth-order valence-corrected chi connectivity index (χ4v) is 5.14. The third-order valence-electron chi connectivity index (χ3n) is 7.31. The molecule has 224 valence electrons. The van der Waals surface area contributed by atoms with Crippen molar-refractivity contribution in [1.29, 1.82) is 0 Å². The molecule has 0 aromatic heterocycles. The molecule has 0 spiro atoms. The van der Waals surface area contributed by atoms with Crippen LogP contribution in [0.4, 0.5) is 0 Å². The molecule has 0 aromatic rings. The molecule has 2 unspecified atom stereocenters. The van der Waals surface area contributed by atoms with Crippen LogP contribution >= 0.6 is 0 Å². The zero-order chi connectivity index (χ0) is 27.5. The summed E-state index contributed by atoms with van der Waals surface area (Å²) < 4.78 is 12.0. The monoisotopic (exact) mass is 531 g/mol. The molecule has 0 heterocycles. The van der Waals surface area contributed by atoms with Gasteiger partial charge in [0.1, 0.15) is 25.3 Å². The molecule has 0 aliphatic carbocycles. The van der Waals surface area contributed by atoms with Gasteiger partial charge in [0.05, 0.1) is 27.3 Å². The maximum atomic E-state index is 10.4. The van der Waals surface area contributed by atoms with Gasteiger partial charge in [0.25, 0.3) is 0 Å². The quantitative estimate of drug-likeness (QED) is 0.0739. The van der Waals surface area contributed by atoms with Crippen LogP contribution in [0.5, 0.6) is 0 Å². The SMILES string of the molecule is CCCCCCCCCCCCOCC(O)C[N+](C)(C)CC(O)COCCCCCCCCCCCC. The molecule has 0 radical (unpaired) electrons. The minimum Gasteiger partial charge on any atom is -0.385 e. The van der Waals surface area contributed by atoms with Gasteiger partial charge >= 0.3 is 0 Å². The number of ether oxygens (including phenoxy) is 2. The summed E-state index contributed by atoms with van der Waals surface area (Å²) in [5.41, 5.74) is 0. The summed E-state index contributed by atoms with van der Waals surface area (Å²) >= 11 is 0. The maximum Gasteiger partial charge on any atom is 0.126 e. The van der Waals surface area contributed by atoms with Crippen molar-refractivity contribution < 1.29 is 24.2 Å². The second-order valence-corrected chi connectivity index (χ2v) is 12.1. The second kappa shape index (κ2) is 27.4. The topological polar surface area (TPSA) is 58.9 Å². The van der Waals surface area contributed by atoms with E-state index in [1.54, 1.807) is 0 Å². The van der Waals surface area contributed by atoms with E-state index in [9.17, 15) is 10.2 Å². The molecule has 0 fully saturated rings. The first kappa shape index (κ1) is 36.8. The number of nitrogens with zero attached hydrogens (tertiary/aromatic N) is 1. The number of aliphatic hydroxyl groups excluding tert-OH is 2. The van der Waals surface area contributed by atoms with E-state index < -0.39 is 12.2 Å². The van der Waals surface area contributed by atoms with Crippen molar-refractivity contribution in [3.8, 4) is 0 Å². The number of rotatable bonds is 30. The van der Waals surface area contributed by atoms with Crippen molar-refractivity contribution in [2.75, 3.05) is 53.6 Å². The smallest absolute Gasteiger partial charge is 0.126 e. The van der Waals surface area contributed by atoms with Gasteiger partial charge in [-0.1, -0.05) is 129 Å². The minimum atomic E-state index is -0.502. The highest BCUT2D eigenvalue weighted by atomic mass is 16.5. The Morgan fingerprint density at radius 1 is 0.459 bits per heavy atom. The van der Waals surface area contributed by atoms with Crippen LogP contribution in [0.15, 0.2) is 0 Å². The summed E-state index contributed by atoms with van der Waals surface area (Å²) in [6.45, 7) is 7.91. The third-order valence-corrected chi connectivity index (χ3v) is 7.31. The molecule has 0 bridgehead atoms. The van der Waals surface area contributed by atoms with Gasteiger partial charge in [-0.05, 0) is 12.8 Å². The molecule has 5 nitrogen and oxygen atoms in total. The van der Waals surface area contributed by atoms with E-state index in [1.807, 2.05) is 0 Å². The molecule has 0 amide bonds. The summed E-state index contributed by atoms with van der Waals surface area (Å²) in [4.78, 5) is 0. The van der Waals surface area contributed by atoms with Crippen molar-refractivity contribution in [1.82, 2.24) is 0 Å². The van der Waals surface area contributed by atoms with Crippen LogP contribution in [0.2, 0.25) is 0 Å². The zero-order valence-electron chi connectivity index (χ0n) is 25.7. The largest absolute Gasteiger partial charge is 0.385 e. The average Bonchev–Trinajstić information content (AvgIpc) is 2.84. The van der Waals surface area contributed by atoms with Gasteiger partial charge in [0, 0.05) is 13.2 Å². The minimum absolute atomic E-state index is 0.379. The molecule has 2 N–H and O–H groups in total. The Balaban J connectivity index is 3.57.